The summed E-state index contributed by atoms with van der Waals surface area (Å²) in [5.41, 5.74) is 2.27. The molecule has 0 aliphatic carbocycles. The van der Waals surface area contributed by atoms with Crippen molar-refractivity contribution in [3.05, 3.63) is 57.4 Å². The number of fused-ring (bicyclic) bond motifs is 1. The van der Waals surface area contributed by atoms with E-state index in [-0.39, 0.29) is 5.78 Å². The van der Waals surface area contributed by atoms with Crippen molar-refractivity contribution in [3.63, 3.8) is 0 Å². The minimum Gasteiger partial charge on any atom is -0.450 e. The molecule has 2 aromatic heterocycles. The fourth-order valence-electron chi connectivity index (χ4n) is 2.61. The first-order valence-electron chi connectivity index (χ1n) is 7.36. The van der Waals surface area contributed by atoms with E-state index in [4.69, 9.17) is 4.74 Å². The number of carbonyl (C=O) groups is 2. The minimum absolute atomic E-state index is 0.193. The van der Waals surface area contributed by atoms with Crippen LogP contribution in [0.3, 0.4) is 0 Å². The molecule has 0 saturated heterocycles. The van der Waals surface area contributed by atoms with Gasteiger partial charge in [0.25, 0.3) is 0 Å². The van der Waals surface area contributed by atoms with Gasteiger partial charge in [-0.15, -0.1) is 11.3 Å². The Morgan fingerprint density at radius 2 is 1.87 bits per heavy atom. The molecule has 1 atom stereocenters. The lowest BCUT2D eigenvalue weighted by molar-refractivity contribution is 0.0324. The zero-order valence-corrected chi connectivity index (χ0v) is 14.0. The second-order valence-electron chi connectivity index (χ2n) is 5.49. The molecule has 1 N–H and O–H groups in total. The van der Waals surface area contributed by atoms with E-state index >= 15 is 0 Å². The quantitative estimate of drug-likeness (QED) is 0.575. The van der Waals surface area contributed by atoms with Crippen LogP contribution in [0.4, 0.5) is 0 Å². The Hall–Kier alpha value is -2.40. The van der Waals surface area contributed by atoms with Crippen molar-refractivity contribution in [2.75, 3.05) is 0 Å². The third kappa shape index (κ3) is 2.92. The fraction of sp³-hybridized carbons (Fsp3) is 0.222. The van der Waals surface area contributed by atoms with Crippen LogP contribution < -0.4 is 0 Å². The highest BCUT2D eigenvalue weighted by molar-refractivity contribution is 7.13. The number of nitrogens with one attached hydrogen (secondary N) is 1. The summed E-state index contributed by atoms with van der Waals surface area (Å²) in [6.07, 6.45) is -0.831. The van der Waals surface area contributed by atoms with Gasteiger partial charge in [-0.3, -0.25) is 4.79 Å². The predicted octanol–water partition coefficient (Wildman–Crippen LogP) is 4.27. The van der Waals surface area contributed by atoms with E-state index in [1.165, 1.54) is 11.3 Å². The topological polar surface area (TPSA) is 59.2 Å². The first kappa shape index (κ1) is 15.5. The molecule has 0 spiro atoms. The first-order valence-corrected chi connectivity index (χ1v) is 8.18. The van der Waals surface area contributed by atoms with Gasteiger partial charge in [0.2, 0.25) is 5.78 Å². The van der Waals surface area contributed by atoms with Gasteiger partial charge in [0.15, 0.2) is 6.10 Å². The number of para-hydroxylation sites is 1. The Bertz CT molecular complexity index is 891. The van der Waals surface area contributed by atoms with Crippen LogP contribution in [0, 0.1) is 13.8 Å². The van der Waals surface area contributed by atoms with E-state index in [9.17, 15) is 9.59 Å². The highest BCUT2D eigenvalue weighted by Crippen LogP contribution is 2.24. The summed E-state index contributed by atoms with van der Waals surface area (Å²) in [5.74, 6) is -0.650. The summed E-state index contributed by atoms with van der Waals surface area (Å²) < 4.78 is 5.35. The summed E-state index contributed by atoms with van der Waals surface area (Å²) >= 11 is 1.36. The maximum Gasteiger partial charge on any atom is 0.349 e. The lowest BCUT2D eigenvalue weighted by atomic mass is 10.0. The number of rotatable bonds is 4. The van der Waals surface area contributed by atoms with Crippen molar-refractivity contribution in [3.8, 4) is 0 Å². The molecule has 23 heavy (non-hydrogen) atoms. The molecule has 0 amide bonds. The van der Waals surface area contributed by atoms with Gasteiger partial charge in [-0.2, -0.15) is 0 Å². The lowest BCUT2D eigenvalue weighted by Crippen LogP contribution is -2.24. The van der Waals surface area contributed by atoms with Crippen molar-refractivity contribution in [2.24, 2.45) is 0 Å². The normalized spacial score (nSPS) is 12.3. The highest BCUT2D eigenvalue weighted by Gasteiger charge is 2.25. The number of aromatic nitrogens is 1. The molecule has 0 aliphatic rings. The maximum atomic E-state index is 12.7. The molecule has 1 aromatic carbocycles. The van der Waals surface area contributed by atoms with Crippen LogP contribution in [0.15, 0.2) is 36.4 Å². The van der Waals surface area contributed by atoms with Crippen molar-refractivity contribution in [1.29, 1.82) is 0 Å². The molecule has 118 valence electrons. The smallest absolute Gasteiger partial charge is 0.349 e. The van der Waals surface area contributed by atoms with Crippen LogP contribution in [0.25, 0.3) is 10.9 Å². The monoisotopic (exact) mass is 327 g/mol. The average molecular weight is 327 g/mol. The standard InChI is InChI=1S/C18H17NO3S/c1-10-8-9-15(23-10)18(21)22-12(3)17(20)16-11(2)19-14-7-5-4-6-13(14)16/h4-9,12,19H,1-3H3/t12-/m0/s1. The summed E-state index contributed by atoms with van der Waals surface area (Å²) in [6, 6.07) is 11.2. The van der Waals surface area contributed by atoms with Crippen molar-refractivity contribution in [1.82, 2.24) is 4.98 Å². The Balaban J connectivity index is 1.84. The number of ether oxygens (including phenoxy) is 1. The zero-order valence-electron chi connectivity index (χ0n) is 13.2. The highest BCUT2D eigenvalue weighted by atomic mass is 32.1. The molecular weight excluding hydrogens is 310 g/mol. The molecule has 0 saturated carbocycles. The Labute approximate surface area is 138 Å². The molecular formula is C18H17NO3S. The van der Waals surface area contributed by atoms with Gasteiger partial charge < -0.3 is 9.72 Å². The van der Waals surface area contributed by atoms with Gasteiger partial charge in [-0.25, -0.2) is 4.79 Å². The Morgan fingerprint density at radius 1 is 1.13 bits per heavy atom. The summed E-state index contributed by atoms with van der Waals surface area (Å²) in [7, 11) is 0. The molecule has 0 unspecified atom stereocenters. The zero-order chi connectivity index (χ0) is 16.6. The largest absolute Gasteiger partial charge is 0.450 e. The molecule has 0 fully saturated rings. The first-order chi connectivity index (χ1) is 11.0. The van der Waals surface area contributed by atoms with Crippen LogP contribution in [-0.2, 0) is 4.74 Å². The van der Waals surface area contributed by atoms with Crippen molar-refractivity contribution < 1.29 is 14.3 Å². The number of benzene rings is 1. The third-order valence-electron chi connectivity index (χ3n) is 3.73. The van der Waals surface area contributed by atoms with Crippen LogP contribution >= 0.6 is 11.3 Å². The number of aromatic amines is 1. The van der Waals surface area contributed by atoms with E-state index in [0.717, 1.165) is 21.5 Å². The summed E-state index contributed by atoms with van der Waals surface area (Å²) in [5, 5.41) is 0.852. The van der Waals surface area contributed by atoms with Gasteiger partial charge >= 0.3 is 5.97 Å². The molecule has 0 aliphatic heterocycles. The molecule has 2 heterocycles. The fourth-order valence-corrected chi connectivity index (χ4v) is 3.36. The maximum absolute atomic E-state index is 12.7. The SMILES string of the molecule is Cc1ccc(C(=O)O[C@@H](C)C(=O)c2c(C)[nH]c3ccccc23)s1. The van der Waals surface area contributed by atoms with Gasteiger partial charge in [0.1, 0.15) is 4.88 Å². The van der Waals surface area contributed by atoms with E-state index < -0.39 is 12.1 Å². The van der Waals surface area contributed by atoms with Crippen molar-refractivity contribution in [2.45, 2.75) is 26.9 Å². The third-order valence-corrected chi connectivity index (χ3v) is 4.72. The number of carbonyl (C=O) groups excluding carboxylic acids is 2. The number of ketones is 1. The summed E-state index contributed by atoms with van der Waals surface area (Å²) in [4.78, 5) is 29.6. The van der Waals surface area contributed by atoms with E-state index in [1.54, 1.807) is 13.0 Å². The second kappa shape index (κ2) is 6.01. The van der Waals surface area contributed by atoms with E-state index in [1.807, 2.05) is 44.2 Å². The number of H-pyrrole nitrogens is 1. The molecule has 3 aromatic rings. The Kier molecular flexibility index (Phi) is 4.05. The number of esters is 1. The van der Waals surface area contributed by atoms with Crippen LogP contribution in [0.5, 0.6) is 0 Å². The van der Waals surface area contributed by atoms with E-state index in [2.05, 4.69) is 4.98 Å². The predicted molar refractivity (Wildman–Crippen MR) is 91.3 cm³/mol. The molecule has 5 heteroatoms. The number of hydrogen-bond acceptors (Lipinski definition) is 4. The van der Waals surface area contributed by atoms with Crippen molar-refractivity contribution >= 4 is 34.0 Å². The van der Waals surface area contributed by atoms with E-state index in [0.29, 0.717) is 10.4 Å². The number of Topliss-reactive ketones (excluding diaryl/α,β-unsaturated/α-hetero) is 1. The molecule has 4 nitrogen and oxygen atoms in total. The summed E-state index contributed by atoms with van der Waals surface area (Å²) in [6.45, 7) is 5.39. The van der Waals surface area contributed by atoms with Gasteiger partial charge in [-0.1, -0.05) is 18.2 Å². The van der Waals surface area contributed by atoms with Crippen LogP contribution in [0.2, 0.25) is 0 Å². The van der Waals surface area contributed by atoms with Gasteiger partial charge in [0, 0.05) is 27.0 Å². The minimum atomic E-state index is -0.831. The number of hydrogen-bond donors (Lipinski definition) is 1. The van der Waals surface area contributed by atoms with Crippen LogP contribution in [-0.4, -0.2) is 22.8 Å². The Morgan fingerprint density at radius 3 is 2.57 bits per heavy atom. The molecule has 3 rings (SSSR count). The average Bonchev–Trinajstić information content (AvgIpc) is 3.09. The van der Waals surface area contributed by atoms with Gasteiger partial charge in [0.05, 0.1) is 0 Å². The molecule has 0 radical (unpaired) electrons. The number of thiophene rings is 1. The van der Waals surface area contributed by atoms with Gasteiger partial charge in [-0.05, 0) is 39.0 Å². The molecule has 0 bridgehead atoms. The number of aryl methyl sites for hydroxylation is 2. The second-order valence-corrected chi connectivity index (χ2v) is 6.78. The lowest BCUT2D eigenvalue weighted by Gasteiger charge is -2.12. The van der Waals surface area contributed by atoms with Crippen LogP contribution in [0.1, 0.15) is 37.5 Å².